The number of fused-ring (bicyclic) bond motifs is 1. The van der Waals surface area contributed by atoms with Gasteiger partial charge in [-0.2, -0.15) is 0 Å². The second kappa shape index (κ2) is 7.21. The highest BCUT2D eigenvalue weighted by atomic mass is 32.2. The Kier molecular flexibility index (Phi) is 5.23. The third kappa shape index (κ3) is 3.48. The van der Waals surface area contributed by atoms with Gasteiger partial charge in [-0.05, 0) is 49.0 Å². The van der Waals surface area contributed by atoms with Crippen LogP contribution < -0.4 is 0 Å². The van der Waals surface area contributed by atoms with E-state index in [2.05, 4.69) is 0 Å². The maximum atomic E-state index is 13.0. The van der Waals surface area contributed by atoms with Gasteiger partial charge in [-0.15, -0.1) is 0 Å². The summed E-state index contributed by atoms with van der Waals surface area (Å²) in [5, 5.41) is 10.9. The van der Waals surface area contributed by atoms with E-state index in [1.807, 2.05) is 30.3 Å². The van der Waals surface area contributed by atoms with E-state index >= 15 is 0 Å². The van der Waals surface area contributed by atoms with Crippen molar-refractivity contribution >= 4 is 20.8 Å². The summed E-state index contributed by atoms with van der Waals surface area (Å²) in [6.45, 7) is 0.792. The molecule has 0 aliphatic heterocycles. The van der Waals surface area contributed by atoms with Crippen molar-refractivity contribution in [1.29, 1.82) is 0 Å². The predicted octanol–water partition coefficient (Wildman–Crippen LogP) is 3.26. The fourth-order valence-corrected chi connectivity index (χ4v) is 5.10. The lowest BCUT2D eigenvalue weighted by molar-refractivity contribution is 0.160. The van der Waals surface area contributed by atoms with Crippen molar-refractivity contribution in [1.82, 2.24) is 4.31 Å². The lowest BCUT2D eigenvalue weighted by atomic mass is 9.82. The molecule has 0 amide bonds. The highest BCUT2D eigenvalue weighted by Crippen LogP contribution is 2.31. The first-order valence-electron chi connectivity index (χ1n) is 8.57. The molecule has 1 fully saturated rings. The Morgan fingerprint density at radius 2 is 1.62 bits per heavy atom. The molecule has 5 heteroatoms. The summed E-state index contributed by atoms with van der Waals surface area (Å²) in [5.74, 6) is 0.767. The van der Waals surface area contributed by atoms with E-state index in [9.17, 15) is 13.5 Å². The van der Waals surface area contributed by atoms with Gasteiger partial charge in [0, 0.05) is 25.6 Å². The molecule has 1 aliphatic carbocycles. The Morgan fingerprint density at radius 1 is 1.00 bits per heavy atom. The van der Waals surface area contributed by atoms with Gasteiger partial charge in [0.15, 0.2) is 0 Å². The summed E-state index contributed by atoms with van der Waals surface area (Å²) in [5.41, 5.74) is 0. The fraction of sp³-hybridized carbons (Fsp3) is 0.474. The number of aliphatic hydroxyl groups is 1. The van der Waals surface area contributed by atoms with Crippen molar-refractivity contribution in [3.63, 3.8) is 0 Å². The van der Waals surface area contributed by atoms with E-state index in [1.54, 1.807) is 19.2 Å². The van der Waals surface area contributed by atoms with E-state index in [-0.39, 0.29) is 6.61 Å². The molecule has 0 atom stereocenters. The monoisotopic (exact) mass is 347 g/mol. The number of sulfonamides is 1. The zero-order valence-electron chi connectivity index (χ0n) is 14.1. The molecule has 3 rings (SSSR count). The van der Waals surface area contributed by atoms with Gasteiger partial charge >= 0.3 is 0 Å². The molecule has 0 saturated heterocycles. The van der Waals surface area contributed by atoms with Crippen LogP contribution in [0.3, 0.4) is 0 Å². The molecule has 0 spiro atoms. The Labute approximate surface area is 144 Å². The maximum Gasteiger partial charge on any atom is 0.243 e. The number of benzene rings is 2. The maximum absolute atomic E-state index is 13.0. The van der Waals surface area contributed by atoms with Crippen molar-refractivity contribution in [3.8, 4) is 0 Å². The zero-order chi connectivity index (χ0) is 17.2. The average molecular weight is 347 g/mol. The normalized spacial score (nSPS) is 22.1. The molecule has 2 aromatic carbocycles. The van der Waals surface area contributed by atoms with Gasteiger partial charge in [-0.1, -0.05) is 36.4 Å². The van der Waals surface area contributed by atoms with Crippen LogP contribution >= 0.6 is 0 Å². The second-order valence-corrected chi connectivity index (χ2v) is 8.85. The van der Waals surface area contributed by atoms with Crippen molar-refractivity contribution in [2.75, 3.05) is 20.2 Å². The average Bonchev–Trinajstić information content (AvgIpc) is 2.61. The summed E-state index contributed by atoms with van der Waals surface area (Å²) >= 11 is 0. The highest BCUT2D eigenvalue weighted by molar-refractivity contribution is 7.89. The van der Waals surface area contributed by atoms with Gasteiger partial charge in [0.1, 0.15) is 0 Å². The van der Waals surface area contributed by atoms with Crippen LogP contribution in [0.15, 0.2) is 47.4 Å². The number of aliphatic hydroxyl groups excluding tert-OH is 1. The second-order valence-electron chi connectivity index (χ2n) is 6.83. The van der Waals surface area contributed by atoms with Gasteiger partial charge in [0.2, 0.25) is 10.0 Å². The minimum absolute atomic E-state index is 0.247. The summed E-state index contributed by atoms with van der Waals surface area (Å²) in [4.78, 5) is 0.382. The van der Waals surface area contributed by atoms with E-state index < -0.39 is 10.0 Å². The number of hydrogen-bond donors (Lipinski definition) is 1. The van der Waals surface area contributed by atoms with Crippen LogP contribution in [0, 0.1) is 11.8 Å². The Balaban J connectivity index is 1.79. The number of hydrogen-bond acceptors (Lipinski definition) is 3. The zero-order valence-corrected chi connectivity index (χ0v) is 14.9. The lowest BCUT2D eigenvalue weighted by Crippen LogP contribution is -2.33. The molecule has 0 unspecified atom stereocenters. The van der Waals surface area contributed by atoms with Crippen LogP contribution in [0.1, 0.15) is 25.7 Å². The van der Waals surface area contributed by atoms with Gasteiger partial charge < -0.3 is 5.11 Å². The van der Waals surface area contributed by atoms with E-state index in [4.69, 9.17) is 0 Å². The minimum Gasteiger partial charge on any atom is -0.396 e. The smallest absolute Gasteiger partial charge is 0.243 e. The SMILES string of the molecule is CN(CC1CCC(CO)CC1)S(=O)(=O)c1cccc2ccccc12. The molecule has 4 nitrogen and oxygen atoms in total. The summed E-state index contributed by atoms with van der Waals surface area (Å²) in [6, 6.07) is 13.0. The van der Waals surface area contributed by atoms with Gasteiger partial charge in [-0.25, -0.2) is 12.7 Å². The molecule has 0 heterocycles. The van der Waals surface area contributed by atoms with Crippen molar-refractivity contribution < 1.29 is 13.5 Å². The fourth-order valence-electron chi connectivity index (χ4n) is 3.65. The van der Waals surface area contributed by atoms with Crippen LogP contribution in [0.5, 0.6) is 0 Å². The molecule has 0 bridgehead atoms. The number of rotatable bonds is 5. The largest absolute Gasteiger partial charge is 0.396 e. The topological polar surface area (TPSA) is 57.6 Å². The number of nitrogens with zero attached hydrogens (tertiary/aromatic N) is 1. The van der Waals surface area contributed by atoms with Crippen LogP contribution in [0.25, 0.3) is 10.8 Å². The molecule has 2 aromatic rings. The molecule has 24 heavy (non-hydrogen) atoms. The summed E-state index contributed by atoms with van der Waals surface area (Å²) in [7, 11) is -1.82. The molecule has 1 aliphatic rings. The molecule has 0 radical (unpaired) electrons. The molecule has 1 N–H and O–H groups in total. The first-order valence-corrected chi connectivity index (χ1v) is 10.0. The first-order chi connectivity index (χ1) is 11.5. The van der Waals surface area contributed by atoms with Crippen LogP contribution in [0.2, 0.25) is 0 Å². The first kappa shape index (κ1) is 17.4. The third-order valence-corrected chi connectivity index (χ3v) is 7.06. The molecule has 0 aromatic heterocycles. The van der Waals surface area contributed by atoms with Crippen LogP contribution in [-0.4, -0.2) is 38.0 Å². The van der Waals surface area contributed by atoms with Crippen molar-refractivity contribution in [2.45, 2.75) is 30.6 Å². The van der Waals surface area contributed by atoms with E-state index in [0.29, 0.717) is 23.3 Å². The third-order valence-electron chi connectivity index (χ3n) is 5.18. The van der Waals surface area contributed by atoms with Crippen molar-refractivity contribution in [3.05, 3.63) is 42.5 Å². The molecule has 130 valence electrons. The van der Waals surface area contributed by atoms with Crippen molar-refractivity contribution in [2.24, 2.45) is 11.8 Å². The van der Waals surface area contributed by atoms with Crippen LogP contribution in [0.4, 0.5) is 0 Å². The molecular weight excluding hydrogens is 322 g/mol. The minimum atomic E-state index is -3.50. The quantitative estimate of drug-likeness (QED) is 0.903. The Morgan fingerprint density at radius 3 is 2.33 bits per heavy atom. The van der Waals surface area contributed by atoms with Gasteiger partial charge in [0.05, 0.1) is 4.90 Å². The van der Waals surface area contributed by atoms with E-state index in [1.165, 1.54) is 4.31 Å². The van der Waals surface area contributed by atoms with Gasteiger partial charge in [-0.3, -0.25) is 0 Å². The summed E-state index contributed by atoms with van der Waals surface area (Å²) < 4.78 is 27.6. The Bertz CT molecular complexity index is 790. The standard InChI is InChI=1S/C19H25NO3S/c1-20(13-15-9-11-16(14-21)12-10-15)24(22,23)19-8-4-6-17-5-2-3-7-18(17)19/h2-8,15-16,21H,9-14H2,1H3. The highest BCUT2D eigenvalue weighted by Gasteiger charge is 2.27. The van der Waals surface area contributed by atoms with E-state index in [0.717, 1.165) is 36.5 Å². The van der Waals surface area contributed by atoms with Gasteiger partial charge in [0.25, 0.3) is 0 Å². The Hall–Kier alpha value is -1.43. The molecule has 1 saturated carbocycles. The molecular formula is C19H25NO3S. The predicted molar refractivity (Wildman–Crippen MR) is 96.3 cm³/mol. The summed E-state index contributed by atoms with van der Waals surface area (Å²) in [6.07, 6.45) is 3.95. The lowest BCUT2D eigenvalue weighted by Gasteiger charge is -2.30. The van der Waals surface area contributed by atoms with Crippen LogP contribution in [-0.2, 0) is 10.0 Å².